The number of halogens is 1. The lowest BCUT2D eigenvalue weighted by molar-refractivity contribution is -0.121. The minimum absolute atomic E-state index is 0. The number of ether oxygens (including phenoxy) is 3. The average Bonchev–Trinajstić information content (AvgIpc) is 3.12. The summed E-state index contributed by atoms with van der Waals surface area (Å²) in [5.41, 5.74) is 0.919. The van der Waals surface area contributed by atoms with Gasteiger partial charge in [0, 0.05) is 13.0 Å². The highest BCUT2D eigenvalue weighted by molar-refractivity contribution is 5.85. The molecule has 1 amide bonds. The Morgan fingerprint density at radius 3 is 2.48 bits per heavy atom. The summed E-state index contributed by atoms with van der Waals surface area (Å²) in [5, 5.41) is 6.29. The summed E-state index contributed by atoms with van der Waals surface area (Å²) in [4.78, 5) is 12.0. The number of nitrogens with one attached hydrogen (secondary N) is 2. The van der Waals surface area contributed by atoms with Crippen LogP contribution in [0.1, 0.15) is 31.7 Å². The number of hydrogen-bond acceptors (Lipinski definition) is 5. The van der Waals surface area contributed by atoms with E-state index in [0.29, 0.717) is 42.7 Å². The molecule has 1 saturated heterocycles. The highest BCUT2D eigenvalue weighted by Gasteiger charge is 2.16. The van der Waals surface area contributed by atoms with Crippen molar-refractivity contribution in [3.05, 3.63) is 17.7 Å². The van der Waals surface area contributed by atoms with E-state index in [0.717, 1.165) is 25.1 Å². The molecule has 0 radical (unpaired) electrons. The van der Waals surface area contributed by atoms with Crippen molar-refractivity contribution in [2.45, 2.75) is 32.7 Å². The first kappa shape index (κ1) is 21.4. The molecular formula is C18H29ClN2O4. The summed E-state index contributed by atoms with van der Waals surface area (Å²) in [7, 11) is 3.19. The van der Waals surface area contributed by atoms with Crippen molar-refractivity contribution in [1.29, 1.82) is 0 Å². The Morgan fingerprint density at radius 2 is 1.96 bits per heavy atom. The second-order valence-corrected chi connectivity index (χ2v) is 5.94. The monoisotopic (exact) mass is 372 g/mol. The SMILES string of the molecule is CCOc1c(OC)cc(CNC(=O)CCC2CCNC2)cc1OC.Cl. The maximum atomic E-state index is 12.0. The number of methoxy groups -OCH3 is 2. The number of carbonyl (C=O) groups excluding carboxylic acids is 1. The predicted octanol–water partition coefficient (Wildman–Crippen LogP) is 2.53. The molecule has 6 nitrogen and oxygen atoms in total. The highest BCUT2D eigenvalue weighted by atomic mass is 35.5. The number of hydrogen-bond donors (Lipinski definition) is 2. The van der Waals surface area contributed by atoms with Gasteiger partial charge in [0.25, 0.3) is 0 Å². The van der Waals surface area contributed by atoms with E-state index in [1.165, 1.54) is 6.42 Å². The van der Waals surface area contributed by atoms with Crippen LogP contribution in [0.25, 0.3) is 0 Å². The molecule has 0 aliphatic carbocycles. The first-order chi connectivity index (χ1) is 11.7. The smallest absolute Gasteiger partial charge is 0.220 e. The lowest BCUT2D eigenvalue weighted by Gasteiger charge is -2.15. The zero-order valence-corrected chi connectivity index (χ0v) is 16.0. The molecule has 1 atom stereocenters. The summed E-state index contributed by atoms with van der Waals surface area (Å²) in [6, 6.07) is 3.74. The van der Waals surface area contributed by atoms with E-state index in [9.17, 15) is 4.79 Å². The van der Waals surface area contributed by atoms with Crippen molar-refractivity contribution in [1.82, 2.24) is 10.6 Å². The molecule has 0 bridgehead atoms. The molecular weight excluding hydrogens is 344 g/mol. The van der Waals surface area contributed by atoms with Crippen molar-refractivity contribution >= 4 is 18.3 Å². The zero-order valence-electron chi connectivity index (χ0n) is 15.2. The van der Waals surface area contributed by atoms with Crippen LogP contribution in [-0.4, -0.2) is 39.8 Å². The molecule has 1 unspecified atom stereocenters. The highest BCUT2D eigenvalue weighted by Crippen LogP contribution is 2.38. The fourth-order valence-electron chi connectivity index (χ4n) is 2.91. The second kappa shape index (κ2) is 11.1. The van der Waals surface area contributed by atoms with Crippen molar-refractivity contribution < 1.29 is 19.0 Å². The van der Waals surface area contributed by atoms with Gasteiger partial charge in [-0.15, -0.1) is 12.4 Å². The Labute approximate surface area is 156 Å². The number of carbonyl (C=O) groups is 1. The van der Waals surface area contributed by atoms with Gasteiger partial charge >= 0.3 is 0 Å². The van der Waals surface area contributed by atoms with Gasteiger partial charge in [-0.25, -0.2) is 0 Å². The number of rotatable bonds is 9. The van der Waals surface area contributed by atoms with E-state index in [2.05, 4.69) is 10.6 Å². The van der Waals surface area contributed by atoms with Crippen molar-refractivity contribution in [2.24, 2.45) is 5.92 Å². The van der Waals surface area contributed by atoms with E-state index >= 15 is 0 Å². The summed E-state index contributed by atoms with van der Waals surface area (Å²) in [6.07, 6.45) is 2.67. The van der Waals surface area contributed by atoms with Crippen molar-refractivity contribution in [2.75, 3.05) is 33.9 Å². The van der Waals surface area contributed by atoms with Crippen LogP contribution in [-0.2, 0) is 11.3 Å². The third-order valence-corrected chi connectivity index (χ3v) is 4.24. The standard InChI is InChI=1S/C18H28N2O4.ClH/c1-4-24-18-15(22-2)9-14(10-16(18)23-3)12-20-17(21)6-5-13-7-8-19-11-13;/h9-10,13,19H,4-8,11-12H2,1-3H3,(H,20,21);1H. The quantitative estimate of drug-likeness (QED) is 0.697. The lowest BCUT2D eigenvalue weighted by atomic mass is 10.0. The zero-order chi connectivity index (χ0) is 17.4. The molecule has 0 aromatic heterocycles. The van der Waals surface area contributed by atoms with E-state index < -0.39 is 0 Å². The van der Waals surface area contributed by atoms with E-state index in [4.69, 9.17) is 14.2 Å². The van der Waals surface area contributed by atoms with Gasteiger partial charge in [0.1, 0.15) is 0 Å². The maximum absolute atomic E-state index is 12.0. The minimum Gasteiger partial charge on any atom is -0.493 e. The van der Waals surface area contributed by atoms with Crippen LogP contribution in [0.3, 0.4) is 0 Å². The molecule has 1 aromatic carbocycles. The van der Waals surface area contributed by atoms with Crippen LogP contribution < -0.4 is 24.8 Å². The number of benzene rings is 1. The maximum Gasteiger partial charge on any atom is 0.220 e. The summed E-state index contributed by atoms with van der Waals surface area (Å²) in [6.45, 7) is 4.98. The molecule has 7 heteroatoms. The summed E-state index contributed by atoms with van der Waals surface area (Å²) < 4.78 is 16.3. The Balaban J connectivity index is 0.00000312. The van der Waals surface area contributed by atoms with Crippen LogP contribution >= 0.6 is 12.4 Å². The van der Waals surface area contributed by atoms with E-state index in [-0.39, 0.29) is 18.3 Å². The second-order valence-electron chi connectivity index (χ2n) is 5.94. The van der Waals surface area contributed by atoms with Gasteiger partial charge < -0.3 is 24.8 Å². The Hall–Kier alpha value is -1.66. The van der Waals surface area contributed by atoms with Crippen LogP contribution in [0, 0.1) is 5.92 Å². The van der Waals surface area contributed by atoms with Gasteiger partial charge in [-0.2, -0.15) is 0 Å². The van der Waals surface area contributed by atoms with E-state index in [1.807, 2.05) is 19.1 Å². The van der Waals surface area contributed by atoms with Gasteiger partial charge in [-0.1, -0.05) is 0 Å². The largest absolute Gasteiger partial charge is 0.493 e. The van der Waals surface area contributed by atoms with Gasteiger partial charge in [0.05, 0.1) is 20.8 Å². The van der Waals surface area contributed by atoms with Crippen LogP contribution in [0.4, 0.5) is 0 Å². The molecule has 1 heterocycles. The topological polar surface area (TPSA) is 68.8 Å². The Kier molecular flexibility index (Phi) is 9.45. The third kappa shape index (κ3) is 6.29. The van der Waals surface area contributed by atoms with Gasteiger partial charge in [-0.3, -0.25) is 4.79 Å². The molecule has 1 aromatic rings. The van der Waals surface area contributed by atoms with Gasteiger partial charge in [0.2, 0.25) is 11.7 Å². The van der Waals surface area contributed by atoms with Crippen molar-refractivity contribution in [3.8, 4) is 17.2 Å². The molecule has 2 rings (SSSR count). The van der Waals surface area contributed by atoms with Crippen LogP contribution in [0.2, 0.25) is 0 Å². The van der Waals surface area contributed by atoms with Gasteiger partial charge in [0.15, 0.2) is 11.5 Å². The molecule has 142 valence electrons. The molecule has 1 aliphatic rings. The predicted molar refractivity (Wildman–Crippen MR) is 100 cm³/mol. The van der Waals surface area contributed by atoms with Crippen molar-refractivity contribution in [3.63, 3.8) is 0 Å². The fraction of sp³-hybridized carbons (Fsp3) is 0.611. The normalized spacial score (nSPS) is 16.0. The summed E-state index contributed by atoms with van der Waals surface area (Å²) >= 11 is 0. The molecule has 0 spiro atoms. The molecule has 25 heavy (non-hydrogen) atoms. The average molecular weight is 373 g/mol. The molecule has 0 saturated carbocycles. The molecule has 1 aliphatic heterocycles. The number of amides is 1. The minimum atomic E-state index is 0. The summed E-state index contributed by atoms with van der Waals surface area (Å²) in [5.74, 6) is 2.51. The fourth-order valence-corrected chi connectivity index (χ4v) is 2.91. The van der Waals surface area contributed by atoms with Crippen LogP contribution in [0.15, 0.2) is 12.1 Å². The molecule has 1 fully saturated rings. The lowest BCUT2D eigenvalue weighted by Crippen LogP contribution is -2.23. The van der Waals surface area contributed by atoms with Gasteiger partial charge in [-0.05, 0) is 56.5 Å². The Morgan fingerprint density at radius 1 is 1.28 bits per heavy atom. The van der Waals surface area contributed by atoms with E-state index in [1.54, 1.807) is 14.2 Å². The van der Waals surface area contributed by atoms with Crippen LogP contribution in [0.5, 0.6) is 17.2 Å². The Bertz CT molecular complexity index is 523. The third-order valence-electron chi connectivity index (χ3n) is 4.24. The molecule has 2 N–H and O–H groups in total. The first-order valence-electron chi connectivity index (χ1n) is 8.53. The first-order valence-corrected chi connectivity index (χ1v) is 8.53.